The molecule has 1 saturated carbocycles. The van der Waals surface area contributed by atoms with E-state index in [1.807, 2.05) is 6.92 Å². The van der Waals surface area contributed by atoms with E-state index in [9.17, 15) is 4.79 Å². The van der Waals surface area contributed by atoms with E-state index in [0.29, 0.717) is 6.04 Å². The second-order valence-corrected chi connectivity index (χ2v) is 4.70. The highest BCUT2D eigenvalue weighted by Crippen LogP contribution is 2.23. The van der Waals surface area contributed by atoms with Crippen molar-refractivity contribution in [2.24, 2.45) is 11.8 Å². The molecule has 0 heterocycles. The van der Waals surface area contributed by atoms with Crippen molar-refractivity contribution in [2.45, 2.75) is 45.6 Å². The average Bonchev–Trinajstić information content (AvgIpc) is 2.26. The van der Waals surface area contributed by atoms with Gasteiger partial charge in [-0.2, -0.15) is 0 Å². The smallest absolute Gasteiger partial charge is 0.309 e. The molecule has 3 heteroatoms. The number of esters is 1. The number of carbonyl (C=O) groups is 1. The van der Waals surface area contributed by atoms with Crippen molar-refractivity contribution in [3.05, 3.63) is 0 Å². The summed E-state index contributed by atoms with van der Waals surface area (Å²) in [6, 6.07) is 0.589. The zero-order chi connectivity index (χ0) is 11.3. The van der Waals surface area contributed by atoms with Crippen LogP contribution in [0.1, 0.15) is 39.5 Å². The van der Waals surface area contributed by atoms with Gasteiger partial charge in [-0.15, -0.1) is 0 Å². The molecule has 1 aliphatic rings. The summed E-state index contributed by atoms with van der Waals surface area (Å²) in [7, 11) is 1.45. The Morgan fingerprint density at radius 1 is 1.47 bits per heavy atom. The van der Waals surface area contributed by atoms with Gasteiger partial charge in [0, 0.05) is 12.6 Å². The summed E-state index contributed by atoms with van der Waals surface area (Å²) < 4.78 is 4.70. The molecule has 15 heavy (non-hydrogen) atoms. The lowest BCUT2D eigenvalue weighted by atomic mass is 9.86. The summed E-state index contributed by atoms with van der Waals surface area (Å²) in [4.78, 5) is 11.2. The maximum Gasteiger partial charge on any atom is 0.309 e. The Bertz CT molecular complexity index is 206. The number of carbonyl (C=O) groups excluding carboxylic acids is 1. The molecule has 1 N–H and O–H groups in total. The first-order valence-electron chi connectivity index (χ1n) is 5.96. The summed E-state index contributed by atoms with van der Waals surface area (Å²) in [6.07, 6.45) is 5.22. The third kappa shape index (κ3) is 3.82. The minimum absolute atomic E-state index is 0.0378. The standard InChI is InChI=1S/C12H23NO2/c1-9-6-4-5-7-11(9)13-8-10(2)12(14)15-3/h9-11,13H,4-8H2,1-3H3/t9-,10-,11+/m1/s1. The highest BCUT2D eigenvalue weighted by molar-refractivity contribution is 5.72. The Kier molecular flexibility index (Phi) is 5.09. The van der Waals surface area contributed by atoms with Gasteiger partial charge in [0.2, 0.25) is 0 Å². The normalized spacial score (nSPS) is 28.5. The number of rotatable bonds is 4. The molecule has 0 aromatic rings. The summed E-state index contributed by atoms with van der Waals surface area (Å²) in [5, 5.41) is 3.49. The Balaban J connectivity index is 2.26. The Morgan fingerprint density at radius 2 is 2.13 bits per heavy atom. The van der Waals surface area contributed by atoms with Crippen LogP contribution in [-0.4, -0.2) is 25.7 Å². The van der Waals surface area contributed by atoms with Gasteiger partial charge in [-0.05, 0) is 18.8 Å². The second kappa shape index (κ2) is 6.11. The van der Waals surface area contributed by atoms with E-state index in [1.165, 1.54) is 32.8 Å². The highest BCUT2D eigenvalue weighted by Gasteiger charge is 2.22. The number of nitrogens with one attached hydrogen (secondary N) is 1. The van der Waals surface area contributed by atoms with E-state index in [-0.39, 0.29) is 11.9 Å². The van der Waals surface area contributed by atoms with Gasteiger partial charge in [-0.3, -0.25) is 4.79 Å². The van der Waals surface area contributed by atoms with Crippen molar-refractivity contribution in [2.75, 3.05) is 13.7 Å². The predicted octanol–water partition coefficient (Wildman–Crippen LogP) is 1.96. The van der Waals surface area contributed by atoms with Crippen LogP contribution < -0.4 is 5.32 Å². The van der Waals surface area contributed by atoms with E-state index < -0.39 is 0 Å². The molecule has 0 aromatic carbocycles. The van der Waals surface area contributed by atoms with Crippen molar-refractivity contribution in [1.82, 2.24) is 5.32 Å². The average molecular weight is 213 g/mol. The van der Waals surface area contributed by atoms with Crippen LogP contribution in [0.15, 0.2) is 0 Å². The zero-order valence-electron chi connectivity index (χ0n) is 10.1. The molecule has 0 aliphatic heterocycles. The van der Waals surface area contributed by atoms with E-state index in [0.717, 1.165) is 12.5 Å². The quantitative estimate of drug-likeness (QED) is 0.726. The fourth-order valence-corrected chi connectivity index (χ4v) is 2.23. The summed E-state index contributed by atoms with van der Waals surface area (Å²) >= 11 is 0. The van der Waals surface area contributed by atoms with Gasteiger partial charge >= 0.3 is 5.97 Å². The largest absolute Gasteiger partial charge is 0.469 e. The van der Waals surface area contributed by atoms with Crippen molar-refractivity contribution in [3.63, 3.8) is 0 Å². The molecule has 88 valence electrons. The summed E-state index contributed by atoms with van der Waals surface area (Å²) in [5.41, 5.74) is 0. The van der Waals surface area contributed by atoms with Crippen molar-refractivity contribution in [1.29, 1.82) is 0 Å². The highest BCUT2D eigenvalue weighted by atomic mass is 16.5. The van der Waals surface area contributed by atoms with Crippen LogP contribution in [0.5, 0.6) is 0 Å². The molecule has 0 radical (unpaired) electrons. The molecule has 0 saturated heterocycles. The fraction of sp³-hybridized carbons (Fsp3) is 0.917. The lowest BCUT2D eigenvalue weighted by Crippen LogP contribution is -2.40. The maximum atomic E-state index is 11.2. The summed E-state index contributed by atoms with van der Waals surface area (Å²) in [5.74, 6) is 0.582. The lowest BCUT2D eigenvalue weighted by Gasteiger charge is -2.30. The zero-order valence-corrected chi connectivity index (χ0v) is 10.1. The molecule has 0 aromatic heterocycles. The monoisotopic (exact) mass is 213 g/mol. The van der Waals surface area contributed by atoms with Gasteiger partial charge < -0.3 is 10.1 Å². The van der Waals surface area contributed by atoms with Gasteiger partial charge in [-0.1, -0.05) is 26.7 Å². The number of hydrogen-bond acceptors (Lipinski definition) is 3. The van der Waals surface area contributed by atoms with Crippen LogP contribution in [0.3, 0.4) is 0 Å². The molecule has 0 bridgehead atoms. The summed E-state index contributed by atoms with van der Waals surface area (Å²) in [6.45, 7) is 4.94. The molecule has 0 amide bonds. The maximum absolute atomic E-state index is 11.2. The minimum Gasteiger partial charge on any atom is -0.469 e. The van der Waals surface area contributed by atoms with Gasteiger partial charge in [0.1, 0.15) is 0 Å². The molecule has 1 fully saturated rings. The third-order valence-corrected chi connectivity index (χ3v) is 3.40. The van der Waals surface area contributed by atoms with E-state index in [4.69, 9.17) is 4.74 Å². The molecule has 0 unspecified atom stereocenters. The van der Waals surface area contributed by atoms with E-state index >= 15 is 0 Å². The minimum atomic E-state index is -0.119. The topological polar surface area (TPSA) is 38.3 Å². The van der Waals surface area contributed by atoms with Gasteiger partial charge in [0.15, 0.2) is 0 Å². The van der Waals surface area contributed by atoms with Crippen LogP contribution in [0.25, 0.3) is 0 Å². The number of hydrogen-bond donors (Lipinski definition) is 1. The predicted molar refractivity (Wildman–Crippen MR) is 60.6 cm³/mol. The van der Waals surface area contributed by atoms with Crippen molar-refractivity contribution in [3.8, 4) is 0 Å². The lowest BCUT2D eigenvalue weighted by molar-refractivity contribution is -0.144. The number of methoxy groups -OCH3 is 1. The molecule has 0 spiro atoms. The van der Waals surface area contributed by atoms with Crippen LogP contribution >= 0.6 is 0 Å². The first-order valence-corrected chi connectivity index (χ1v) is 5.96. The fourth-order valence-electron chi connectivity index (χ4n) is 2.23. The molecule has 1 rings (SSSR count). The first kappa shape index (κ1) is 12.5. The third-order valence-electron chi connectivity index (χ3n) is 3.40. The molecule has 3 nitrogen and oxygen atoms in total. The van der Waals surface area contributed by atoms with Gasteiger partial charge in [-0.25, -0.2) is 0 Å². The van der Waals surface area contributed by atoms with Crippen LogP contribution in [0.2, 0.25) is 0 Å². The van der Waals surface area contributed by atoms with E-state index in [2.05, 4.69) is 12.2 Å². The van der Waals surface area contributed by atoms with Gasteiger partial charge in [0.25, 0.3) is 0 Å². The first-order chi connectivity index (χ1) is 7.15. The Morgan fingerprint density at radius 3 is 2.73 bits per heavy atom. The SMILES string of the molecule is COC(=O)[C@H](C)CN[C@H]1CCCC[C@H]1C. The van der Waals surface area contributed by atoms with Gasteiger partial charge in [0.05, 0.1) is 13.0 Å². The van der Waals surface area contributed by atoms with Crippen molar-refractivity contribution < 1.29 is 9.53 Å². The van der Waals surface area contributed by atoms with Crippen molar-refractivity contribution >= 4 is 5.97 Å². The molecule has 3 atom stereocenters. The molecular formula is C12H23NO2. The van der Waals surface area contributed by atoms with Crippen LogP contribution in [0, 0.1) is 11.8 Å². The Labute approximate surface area is 92.6 Å². The van der Waals surface area contributed by atoms with Crippen LogP contribution in [0.4, 0.5) is 0 Å². The van der Waals surface area contributed by atoms with E-state index in [1.54, 1.807) is 0 Å². The number of ether oxygens (including phenoxy) is 1. The van der Waals surface area contributed by atoms with Crippen LogP contribution in [-0.2, 0) is 9.53 Å². The molecular weight excluding hydrogens is 190 g/mol. The molecule has 1 aliphatic carbocycles. The Hall–Kier alpha value is -0.570. The second-order valence-electron chi connectivity index (χ2n) is 4.70.